The van der Waals surface area contributed by atoms with Crippen LogP contribution in [0.25, 0.3) is 45.5 Å². The fraction of sp³-hybridized carbons (Fsp3) is 0.0753. The minimum Gasteiger partial charge on any atom is -0.311 e. The first kappa shape index (κ1) is 57.9. The highest BCUT2D eigenvalue weighted by atomic mass is 19.1. The molecule has 0 N–H and O–H groups in total. The maximum Gasteiger partial charge on any atom is 0.125 e. The summed E-state index contributed by atoms with van der Waals surface area (Å²) in [4.78, 5) is 4.53. The molecule has 13 aromatic carbocycles. The second-order valence-corrected chi connectivity index (χ2v) is 26.7. The zero-order valence-electron chi connectivity index (χ0n) is 53.9. The minimum atomic E-state index is -0.726. The SMILES string of the molecule is C=Cc1ccc(C2(c3ccc(C)cc3)c3ccccc3-c3ccc(N(C4=CC5C(C=C4)c4ccccc4C54c5ccccc5-c5ccc(N(c6cccc(F)c6)c6ccc7c(c6)C(c6ccc(C)cc6)(c6ccc(C=C)cc6)c6ccccc6-7)cc54)c4cccc(F)c4)cc32)cc1. The fourth-order valence-electron chi connectivity index (χ4n) is 17.8. The van der Waals surface area contributed by atoms with Gasteiger partial charge in [0, 0.05) is 46.0 Å². The van der Waals surface area contributed by atoms with Crippen molar-refractivity contribution in [3.05, 3.63) is 435 Å². The molecule has 18 rings (SSSR count). The molecule has 0 saturated carbocycles. The van der Waals surface area contributed by atoms with Gasteiger partial charge in [0.1, 0.15) is 11.6 Å². The number of allylic oxidation sites excluding steroid dienone is 3. The molecule has 97 heavy (non-hydrogen) atoms. The quantitative estimate of drug-likeness (QED) is 0.120. The predicted molar refractivity (Wildman–Crippen MR) is 396 cm³/mol. The molecule has 5 aliphatic rings. The van der Waals surface area contributed by atoms with Crippen molar-refractivity contribution in [2.45, 2.75) is 36.0 Å². The molecule has 5 unspecified atom stereocenters. The van der Waals surface area contributed by atoms with Crippen LogP contribution < -0.4 is 9.80 Å². The van der Waals surface area contributed by atoms with Crippen LogP contribution in [-0.2, 0) is 16.2 Å². The lowest BCUT2D eigenvalue weighted by atomic mass is 9.65. The van der Waals surface area contributed by atoms with E-state index in [1.165, 1.54) is 73.3 Å². The third-order valence-electron chi connectivity index (χ3n) is 21.9. The van der Waals surface area contributed by atoms with Crippen molar-refractivity contribution in [1.29, 1.82) is 0 Å². The van der Waals surface area contributed by atoms with Gasteiger partial charge in [-0.3, -0.25) is 0 Å². The van der Waals surface area contributed by atoms with Gasteiger partial charge in [-0.1, -0.05) is 273 Å². The Balaban J connectivity index is 0.845. The first-order valence-electron chi connectivity index (χ1n) is 33.6. The summed E-state index contributed by atoms with van der Waals surface area (Å²) in [5.74, 6) is -0.848. The summed E-state index contributed by atoms with van der Waals surface area (Å²) in [7, 11) is 0. The lowest BCUT2D eigenvalue weighted by Crippen LogP contribution is -2.34. The highest BCUT2D eigenvalue weighted by Gasteiger charge is 2.58. The van der Waals surface area contributed by atoms with Gasteiger partial charge in [-0.2, -0.15) is 0 Å². The van der Waals surface area contributed by atoms with Gasteiger partial charge in [0.25, 0.3) is 0 Å². The number of benzene rings is 13. The Morgan fingerprint density at radius 2 is 0.722 bits per heavy atom. The molecule has 0 aromatic heterocycles. The molecule has 4 heteroatoms. The van der Waals surface area contributed by atoms with Crippen LogP contribution in [0.3, 0.4) is 0 Å². The summed E-state index contributed by atoms with van der Waals surface area (Å²) in [6, 6.07) is 106. The van der Waals surface area contributed by atoms with Crippen LogP contribution in [0.15, 0.2) is 334 Å². The van der Waals surface area contributed by atoms with E-state index in [2.05, 4.69) is 304 Å². The van der Waals surface area contributed by atoms with Gasteiger partial charge in [-0.05, 0) is 204 Å². The topological polar surface area (TPSA) is 6.48 Å². The molecule has 0 heterocycles. The molecule has 13 aromatic rings. The highest BCUT2D eigenvalue weighted by molar-refractivity contribution is 5.94. The number of hydrogen-bond acceptors (Lipinski definition) is 2. The summed E-state index contributed by atoms with van der Waals surface area (Å²) in [6.07, 6.45) is 11.0. The second kappa shape index (κ2) is 22.2. The number of aryl methyl sites for hydroxylation is 2. The van der Waals surface area contributed by atoms with Crippen molar-refractivity contribution in [2.24, 2.45) is 5.92 Å². The van der Waals surface area contributed by atoms with Gasteiger partial charge >= 0.3 is 0 Å². The zero-order valence-corrected chi connectivity index (χ0v) is 53.9. The Labute approximate surface area is 566 Å². The van der Waals surface area contributed by atoms with Gasteiger partial charge in [0.05, 0.1) is 16.2 Å². The number of rotatable bonds is 12. The minimum absolute atomic E-state index is 0.0349. The smallest absolute Gasteiger partial charge is 0.125 e. The Morgan fingerprint density at radius 3 is 1.21 bits per heavy atom. The lowest BCUT2D eigenvalue weighted by molar-refractivity contribution is 0.462. The van der Waals surface area contributed by atoms with E-state index in [1.807, 2.05) is 36.4 Å². The van der Waals surface area contributed by atoms with Gasteiger partial charge in [-0.25, -0.2) is 8.78 Å². The summed E-state index contributed by atoms with van der Waals surface area (Å²) in [5, 5.41) is 0. The van der Waals surface area contributed by atoms with Crippen LogP contribution in [-0.4, -0.2) is 0 Å². The number of halogens is 2. The van der Waals surface area contributed by atoms with E-state index in [0.717, 1.165) is 84.0 Å². The maximum absolute atomic E-state index is 16.3. The molecule has 0 amide bonds. The standard InChI is InChI=1S/C93H66F2N2/c1-5-61-33-41-65(42-34-61)91(63-37-29-59(3)30-38-63)83-25-11-7-21-75(83)79-49-45-71(55-87(79)91)96(69-19-15-17-67(94)53-69)73-47-51-81-77-23-9-13-27-85(77)93(89(81)57-73)86-28-14-10-24-78(86)82-52-48-74(58-90(82)93)97(70-20-16-18-68(95)54-70)72-46-50-80-76-22-8-12-26-84(76)92(88(80)56-72,64-39-31-60(4)32-40-64)66-43-35-62(6-2)36-44-66/h5-58,81,89H,1-2H2,3-4H3. The van der Waals surface area contributed by atoms with Gasteiger partial charge in [-0.15, -0.1) is 0 Å². The van der Waals surface area contributed by atoms with Crippen molar-refractivity contribution < 1.29 is 8.78 Å². The Morgan fingerprint density at radius 1 is 0.340 bits per heavy atom. The number of fused-ring (bicyclic) bond motifs is 16. The van der Waals surface area contributed by atoms with Crippen LogP contribution in [0, 0.1) is 31.4 Å². The molecule has 5 aliphatic carbocycles. The van der Waals surface area contributed by atoms with Gasteiger partial charge < -0.3 is 9.80 Å². The normalized spacial score (nSPS) is 19.2. The Kier molecular flexibility index (Phi) is 13.3. The van der Waals surface area contributed by atoms with E-state index >= 15 is 8.78 Å². The average molecular weight is 1250 g/mol. The van der Waals surface area contributed by atoms with Crippen LogP contribution in [0.1, 0.15) is 94.9 Å². The highest BCUT2D eigenvalue weighted by Crippen LogP contribution is 2.67. The first-order chi connectivity index (χ1) is 47.6. The van der Waals surface area contributed by atoms with Crippen molar-refractivity contribution in [1.82, 2.24) is 0 Å². The molecule has 2 nitrogen and oxygen atoms in total. The Hall–Kier alpha value is -11.7. The van der Waals surface area contributed by atoms with E-state index in [1.54, 1.807) is 12.1 Å². The van der Waals surface area contributed by atoms with Crippen LogP contribution in [0.2, 0.25) is 0 Å². The van der Waals surface area contributed by atoms with E-state index < -0.39 is 16.2 Å². The average Bonchev–Trinajstić information content (AvgIpc) is 1.52. The number of anilines is 5. The van der Waals surface area contributed by atoms with Crippen LogP contribution in [0.4, 0.5) is 37.2 Å². The fourth-order valence-corrected chi connectivity index (χ4v) is 17.8. The largest absolute Gasteiger partial charge is 0.311 e. The van der Waals surface area contributed by atoms with E-state index in [9.17, 15) is 0 Å². The molecule has 0 bridgehead atoms. The van der Waals surface area contributed by atoms with Gasteiger partial charge in [0.2, 0.25) is 0 Å². The summed E-state index contributed by atoms with van der Waals surface area (Å²) in [5.41, 5.74) is 28.6. The van der Waals surface area contributed by atoms with Crippen LogP contribution in [0.5, 0.6) is 0 Å². The van der Waals surface area contributed by atoms with E-state index in [4.69, 9.17) is 0 Å². The predicted octanol–water partition coefficient (Wildman–Crippen LogP) is 23.4. The molecule has 0 aliphatic heterocycles. The molecule has 462 valence electrons. The first-order valence-corrected chi connectivity index (χ1v) is 33.6. The molecule has 0 fully saturated rings. The zero-order chi connectivity index (χ0) is 65.3. The summed E-state index contributed by atoms with van der Waals surface area (Å²) < 4.78 is 32.5. The summed E-state index contributed by atoms with van der Waals surface area (Å²) >= 11 is 0. The van der Waals surface area contributed by atoms with Gasteiger partial charge in [0.15, 0.2) is 0 Å². The third-order valence-corrected chi connectivity index (χ3v) is 21.9. The molecule has 0 radical (unpaired) electrons. The van der Waals surface area contributed by atoms with Crippen LogP contribution >= 0.6 is 0 Å². The molecule has 1 spiro atoms. The maximum atomic E-state index is 16.3. The van der Waals surface area contributed by atoms with Crippen molar-refractivity contribution in [2.75, 3.05) is 9.80 Å². The molecular weight excluding hydrogens is 1180 g/mol. The second-order valence-electron chi connectivity index (χ2n) is 26.7. The lowest BCUT2D eigenvalue weighted by Gasteiger charge is -2.39. The van der Waals surface area contributed by atoms with Crippen molar-refractivity contribution in [3.63, 3.8) is 0 Å². The molecule has 5 atom stereocenters. The molecule has 0 saturated heterocycles. The number of nitrogens with zero attached hydrogens (tertiary/aromatic N) is 2. The van der Waals surface area contributed by atoms with E-state index in [0.29, 0.717) is 11.4 Å². The van der Waals surface area contributed by atoms with E-state index in [-0.39, 0.29) is 23.5 Å². The summed E-state index contributed by atoms with van der Waals surface area (Å²) in [6.45, 7) is 12.5. The Bertz CT molecular complexity index is 5460. The van der Waals surface area contributed by atoms with Crippen molar-refractivity contribution in [3.8, 4) is 33.4 Å². The molecular formula is C93H66F2N2. The van der Waals surface area contributed by atoms with Crippen molar-refractivity contribution >= 4 is 40.6 Å². The number of hydrogen-bond donors (Lipinski definition) is 0. The monoisotopic (exact) mass is 1250 g/mol. The third kappa shape index (κ3) is 8.42.